The van der Waals surface area contributed by atoms with E-state index in [4.69, 9.17) is 0 Å². The summed E-state index contributed by atoms with van der Waals surface area (Å²) in [5.41, 5.74) is 3.84. The summed E-state index contributed by atoms with van der Waals surface area (Å²) in [7, 11) is 0. The second kappa shape index (κ2) is 6.43. The number of hydrogen-bond acceptors (Lipinski definition) is 1. The van der Waals surface area contributed by atoms with E-state index in [0.29, 0.717) is 0 Å². The highest BCUT2D eigenvalue weighted by Crippen LogP contribution is 2.20. The van der Waals surface area contributed by atoms with E-state index in [2.05, 4.69) is 87.6 Å². The van der Waals surface area contributed by atoms with E-state index >= 15 is 0 Å². The molecule has 2 aromatic carbocycles. The van der Waals surface area contributed by atoms with Gasteiger partial charge in [0.1, 0.15) is 5.82 Å². The van der Waals surface area contributed by atoms with Gasteiger partial charge in [0.05, 0.1) is 0 Å². The van der Waals surface area contributed by atoms with E-state index in [1.807, 2.05) is 12.4 Å². The fraction of sp³-hybridized carbons (Fsp3) is 0.167. The molecular weight excluding hydrogens is 371 g/mol. The van der Waals surface area contributed by atoms with Crippen LogP contribution in [0.2, 0.25) is 0 Å². The Labute approximate surface area is 139 Å². The molecule has 0 bridgehead atoms. The highest BCUT2D eigenvalue weighted by molar-refractivity contribution is 14.1. The summed E-state index contributed by atoms with van der Waals surface area (Å²) < 4.78 is 3.44. The summed E-state index contributed by atoms with van der Waals surface area (Å²) in [4.78, 5) is 4.51. The van der Waals surface area contributed by atoms with Crippen LogP contribution in [-0.2, 0) is 13.0 Å². The van der Waals surface area contributed by atoms with Crippen molar-refractivity contribution in [2.45, 2.75) is 19.9 Å². The highest BCUT2D eigenvalue weighted by atomic mass is 127. The average molecular weight is 388 g/mol. The number of halogens is 1. The molecule has 3 heteroatoms. The van der Waals surface area contributed by atoms with Gasteiger partial charge in [-0.2, -0.15) is 0 Å². The quantitative estimate of drug-likeness (QED) is 0.589. The Hall–Kier alpha value is -1.62. The van der Waals surface area contributed by atoms with Crippen molar-refractivity contribution in [3.63, 3.8) is 0 Å². The first-order valence-corrected chi connectivity index (χ1v) is 8.19. The molecule has 0 atom stereocenters. The zero-order valence-corrected chi connectivity index (χ0v) is 14.1. The van der Waals surface area contributed by atoms with Crippen molar-refractivity contribution < 1.29 is 0 Å². The minimum Gasteiger partial charge on any atom is -0.327 e. The summed E-state index contributed by atoms with van der Waals surface area (Å²) in [5.74, 6) is 1.02. The lowest BCUT2D eigenvalue weighted by Gasteiger charge is -2.09. The lowest BCUT2D eigenvalue weighted by atomic mass is 10.1. The zero-order valence-electron chi connectivity index (χ0n) is 12.0. The molecular formula is C18H17IN2. The second-order valence-electron chi connectivity index (χ2n) is 5.06. The third kappa shape index (κ3) is 3.35. The van der Waals surface area contributed by atoms with Crippen LogP contribution in [0.25, 0.3) is 11.4 Å². The van der Waals surface area contributed by atoms with Gasteiger partial charge in [-0.25, -0.2) is 4.98 Å². The molecule has 0 aliphatic heterocycles. The van der Waals surface area contributed by atoms with Crippen molar-refractivity contribution in [3.8, 4) is 11.4 Å². The molecule has 3 aromatic rings. The van der Waals surface area contributed by atoms with Crippen LogP contribution in [0.3, 0.4) is 0 Å². The maximum atomic E-state index is 4.51. The third-order valence-electron chi connectivity index (χ3n) is 3.60. The van der Waals surface area contributed by atoms with Crippen LogP contribution in [0.5, 0.6) is 0 Å². The smallest absolute Gasteiger partial charge is 0.140 e. The highest BCUT2D eigenvalue weighted by Gasteiger charge is 2.06. The molecule has 1 heterocycles. The predicted molar refractivity (Wildman–Crippen MR) is 95.3 cm³/mol. The maximum absolute atomic E-state index is 4.51. The Morgan fingerprint density at radius 1 is 0.952 bits per heavy atom. The molecule has 106 valence electrons. The third-order valence-corrected chi connectivity index (χ3v) is 4.32. The molecule has 0 radical (unpaired) electrons. The van der Waals surface area contributed by atoms with E-state index in [9.17, 15) is 0 Å². The largest absolute Gasteiger partial charge is 0.327 e. The van der Waals surface area contributed by atoms with E-state index in [-0.39, 0.29) is 0 Å². The predicted octanol–water partition coefficient (Wildman–Crippen LogP) is 4.77. The normalized spacial score (nSPS) is 10.8. The minimum absolute atomic E-state index is 0.852. The van der Waals surface area contributed by atoms with Gasteiger partial charge in [0.15, 0.2) is 0 Å². The number of imidazole rings is 1. The van der Waals surface area contributed by atoms with E-state index in [0.717, 1.165) is 24.4 Å². The van der Waals surface area contributed by atoms with Crippen LogP contribution in [0.15, 0.2) is 60.9 Å². The van der Waals surface area contributed by atoms with Gasteiger partial charge in [0.25, 0.3) is 0 Å². The molecule has 0 amide bonds. The van der Waals surface area contributed by atoms with Crippen molar-refractivity contribution in [1.82, 2.24) is 9.55 Å². The van der Waals surface area contributed by atoms with Crippen LogP contribution < -0.4 is 0 Å². The Balaban J connectivity index is 1.86. The number of aromatic nitrogens is 2. The van der Waals surface area contributed by atoms with Crippen molar-refractivity contribution in [2.75, 3.05) is 0 Å². The minimum atomic E-state index is 0.852. The van der Waals surface area contributed by atoms with Gasteiger partial charge in [-0.3, -0.25) is 0 Å². The van der Waals surface area contributed by atoms with E-state index in [1.54, 1.807) is 0 Å². The van der Waals surface area contributed by atoms with Gasteiger partial charge < -0.3 is 4.57 Å². The van der Waals surface area contributed by atoms with Gasteiger partial charge in [0.2, 0.25) is 0 Å². The van der Waals surface area contributed by atoms with Crippen LogP contribution >= 0.6 is 22.6 Å². The van der Waals surface area contributed by atoms with Crippen LogP contribution in [0, 0.1) is 3.57 Å². The van der Waals surface area contributed by atoms with E-state index in [1.165, 1.54) is 14.7 Å². The SMILES string of the molecule is CCc1ccc(Cn2ccnc2-c2ccc(I)cc2)cc1. The number of nitrogens with zero attached hydrogens (tertiary/aromatic N) is 2. The average Bonchev–Trinajstić information content (AvgIpc) is 2.97. The molecule has 0 saturated carbocycles. The molecule has 0 aliphatic rings. The maximum Gasteiger partial charge on any atom is 0.140 e. The first-order chi connectivity index (χ1) is 10.3. The van der Waals surface area contributed by atoms with Gasteiger partial charge in [-0.15, -0.1) is 0 Å². The first-order valence-electron chi connectivity index (χ1n) is 7.11. The Kier molecular flexibility index (Phi) is 4.39. The Morgan fingerprint density at radius 2 is 1.62 bits per heavy atom. The number of rotatable bonds is 4. The van der Waals surface area contributed by atoms with Gasteiger partial charge in [0, 0.05) is 28.1 Å². The lowest BCUT2D eigenvalue weighted by molar-refractivity contribution is 0.806. The molecule has 0 fully saturated rings. The standard InChI is InChI=1S/C18H17IN2/c1-2-14-3-5-15(6-4-14)13-21-12-11-20-18(21)16-7-9-17(19)10-8-16/h3-12H,2,13H2,1H3. The Morgan fingerprint density at radius 3 is 2.29 bits per heavy atom. The fourth-order valence-corrected chi connectivity index (χ4v) is 2.73. The second-order valence-corrected chi connectivity index (χ2v) is 6.30. The zero-order chi connectivity index (χ0) is 14.7. The summed E-state index contributed by atoms with van der Waals surface area (Å²) in [6, 6.07) is 17.3. The summed E-state index contributed by atoms with van der Waals surface area (Å²) >= 11 is 2.32. The van der Waals surface area contributed by atoms with Crippen LogP contribution in [-0.4, -0.2) is 9.55 Å². The summed E-state index contributed by atoms with van der Waals surface area (Å²) in [6.45, 7) is 3.03. The molecule has 0 N–H and O–H groups in total. The Bertz CT molecular complexity index is 712. The summed E-state index contributed by atoms with van der Waals surface area (Å²) in [5, 5.41) is 0. The van der Waals surface area contributed by atoms with Crippen molar-refractivity contribution in [2.24, 2.45) is 0 Å². The first kappa shape index (κ1) is 14.3. The van der Waals surface area contributed by atoms with Gasteiger partial charge >= 0.3 is 0 Å². The van der Waals surface area contributed by atoms with Gasteiger partial charge in [-0.05, 0) is 52.3 Å². The molecule has 3 rings (SSSR count). The molecule has 0 aliphatic carbocycles. The topological polar surface area (TPSA) is 17.8 Å². The number of hydrogen-bond donors (Lipinski definition) is 0. The molecule has 21 heavy (non-hydrogen) atoms. The van der Waals surface area contributed by atoms with Crippen molar-refractivity contribution in [3.05, 3.63) is 75.6 Å². The monoisotopic (exact) mass is 388 g/mol. The van der Waals surface area contributed by atoms with Crippen molar-refractivity contribution >= 4 is 22.6 Å². The van der Waals surface area contributed by atoms with Crippen molar-refractivity contribution in [1.29, 1.82) is 0 Å². The molecule has 0 saturated heterocycles. The molecule has 0 unspecified atom stereocenters. The number of benzene rings is 2. The molecule has 1 aromatic heterocycles. The summed E-state index contributed by atoms with van der Waals surface area (Å²) in [6.07, 6.45) is 4.99. The number of aryl methyl sites for hydroxylation is 1. The molecule has 2 nitrogen and oxygen atoms in total. The molecule has 0 spiro atoms. The van der Waals surface area contributed by atoms with Crippen LogP contribution in [0.4, 0.5) is 0 Å². The van der Waals surface area contributed by atoms with Crippen LogP contribution in [0.1, 0.15) is 18.1 Å². The lowest BCUT2D eigenvalue weighted by Crippen LogP contribution is -2.01. The van der Waals surface area contributed by atoms with E-state index < -0.39 is 0 Å². The fourth-order valence-electron chi connectivity index (χ4n) is 2.37. The van der Waals surface area contributed by atoms with Gasteiger partial charge in [-0.1, -0.05) is 43.3 Å².